The van der Waals surface area contributed by atoms with Crippen LogP contribution >= 0.6 is 0 Å². The molecule has 1 unspecified atom stereocenters. The molecule has 0 radical (unpaired) electrons. The van der Waals surface area contributed by atoms with Gasteiger partial charge >= 0.3 is 5.97 Å². The molecular formula is C13H17NO6. The highest BCUT2D eigenvalue weighted by molar-refractivity contribution is 5.89. The first-order valence-electron chi connectivity index (χ1n) is 6.25. The van der Waals surface area contributed by atoms with Crippen molar-refractivity contribution >= 4 is 5.97 Å². The fourth-order valence-corrected chi connectivity index (χ4v) is 1.41. The molecule has 7 nitrogen and oxygen atoms in total. The monoisotopic (exact) mass is 283 g/mol. The average molecular weight is 283 g/mol. The molecule has 1 aliphatic heterocycles. The summed E-state index contributed by atoms with van der Waals surface area (Å²) in [4.78, 5) is 29.5. The Morgan fingerprint density at radius 2 is 2.10 bits per heavy atom. The molecule has 2 rings (SSSR count). The Labute approximate surface area is 116 Å². The molecule has 1 fully saturated rings. The minimum atomic E-state index is -0.571. The van der Waals surface area contributed by atoms with Gasteiger partial charge in [-0.3, -0.25) is 10.1 Å². The maximum absolute atomic E-state index is 11.0. The third-order valence-corrected chi connectivity index (χ3v) is 2.46. The zero-order chi connectivity index (χ0) is 14.8. The largest absolute Gasteiger partial charge is 0.462 e. The molecule has 0 aliphatic carbocycles. The molecule has 1 heterocycles. The first-order valence-corrected chi connectivity index (χ1v) is 6.25. The van der Waals surface area contributed by atoms with E-state index in [2.05, 4.69) is 9.78 Å². The van der Waals surface area contributed by atoms with E-state index in [0.29, 0.717) is 25.2 Å². The zero-order valence-electron chi connectivity index (χ0n) is 11.2. The smallest absolute Gasteiger partial charge is 0.338 e. The van der Waals surface area contributed by atoms with Crippen molar-refractivity contribution in [1.82, 2.24) is 0 Å². The quantitative estimate of drug-likeness (QED) is 0.364. The first kappa shape index (κ1) is 16.1. The van der Waals surface area contributed by atoms with Crippen molar-refractivity contribution in [2.24, 2.45) is 0 Å². The highest BCUT2D eigenvalue weighted by Crippen LogP contribution is 2.04. The van der Waals surface area contributed by atoms with Crippen molar-refractivity contribution in [2.45, 2.75) is 19.4 Å². The van der Waals surface area contributed by atoms with Crippen LogP contribution in [0.3, 0.4) is 0 Å². The van der Waals surface area contributed by atoms with E-state index in [1.165, 1.54) is 0 Å². The van der Waals surface area contributed by atoms with Gasteiger partial charge in [0.05, 0.1) is 18.8 Å². The second kappa shape index (κ2) is 9.00. The number of carbonyl (C=O) groups excluding carboxylic acids is 1. The van der Waals surface area contributed by atoms with Crippen LogP contribution in [0, 0.1) is 10.1 Å². The van der Waals surface area contributed by atoms with Crippen LogP contribution in [0.5, 0.6) is 0 Å². The maximum atomic E-state index is 11.0. The molecule has 1 atom stereocenters. The van der Waals surface area contributed by atoms with Gasteiger partial charge in [0.1, 0.15) is 6.61 Å². The van der Waals surface area contributed by atoms with Crippen molar-refractivity contribution in [3.8, 4) is 0 Å². The summed E-state index contributed by atoms with van der Waals surface area (Å²) >= 11 is 0. The van der Waals surface area contributed by atoms with Gasteiger partial charge in [0.25, 0.3) is 0 Å². The topological polar surface area (TPSA) is 87.9 Å². The molecule has 0 N–H and O–H groups in total. The van der Waals surface area contributed by atoms with Crippen molar-refractivity contribution < 1.29 is 24.2 Å². The van der Waals surface area contributed by atoms with Gasteiger partial charge in [0, 0.05) is 11.3 Å². The Hall–Kier alpha value is -1.99. The Morgan fingerprint density at radius 1 is 1.40 bits per heavy atom. The number of ether oxygens (including phenoxy) is 1. The van der Waals surface area contributed by atoms with E-state index in [9.17, 15) is 14.9 Å². The van der Waals surface area contributed by atoms with Gasteiger partial charge in [-0.2, -0.15) is 0 Å². The second-order valence-corrected chi connectivity index (χ2v) is 3.92. The number of hydrogen-bond acceptors (Lipinski definition) is 6. The van der Waals surface area contributed by atoms with E-state index in [1.54, 1.807) is 19.1 Å². The fourth-order valence-electron chi connectivity index (χ4n) is 1.41. The molecule has 0 bridgehead atoms. The van der Waals surface area contributed by atoms with Crippen molar-refractivity contribution in [3.05, 3.63) is 46.0 Å². The molecule has 1 aromatic rings. The predicted octanol–water partition coefficient (Wildman–Crippen LogP) is 1.85. The number of esters is 1. The third kappa shape index (κ3) is 5.77. The van der Waals surface area contributed by atoms with E-state index < -0.39 is 6.04 Å². The summed E-state index contributed by atoms with van der Waals surface area (Å²) in [5.74, 6) is -0.256. The Morgan fingerprint density at radius 3 is 2.55 bits per heavy atom. The fraction of sp³-hybridized carbons (Fsp3) is 0.462. The average Bonchev–Trinajstić information content (AvgIpc) is 2.50. The molecule has 0 aromatic heterocycles. The number of hydrogen-bond donors (Lipinski definition) is 0. The minimum absolute atomic E-state index is 0.0764. The van der Waals surface area contributed by atoms with E-state index in [0.717, 1.165) is 0 Å². The van der Waals surface area contributed by atoms with Crippen LogP contribution < -0.4 is 0 Å². The van der Waals surface area contributed by atoms with Crippen molar-refractivity contribution in [1.29, 1.82) is 0 Å². The lowest BCUT2D eigenvalue weighted by Gasteiger charge is -2.13. The van der Waals surface area contributed by atoms with Gasteiger partial charge in [-0.05, 0) is 19.1 Å². The Bertz CT molecular complexity index is 416. The number of rotatable bonds is 3. The molecule has 1 aliphatic rings. The number of nitro groups is 1. The highest BCUT2D eigenvalue weighted by Gasteiger charge is 2.24. The zero-order valence-corrected chi connectivity index (χ0v) is 11.2. The van der Waals surface area contributed by atoms with E-state index in [4.69, 9.17) is 4.74 Å². The van der Waals surface area contributed by atoms with Gasteiger partial charge in [0.2, 0.25) is 6.04 Å². The normalized spacial score (nSPS) is 17.6. The molecule has 110 valence electrons. The summed E-state index contributed by atoms with van der Waals surface area (Å²) in [5, 5.41) is 10.0. The van der Waals surface area contributed by atoms with E-state index in [1.807, 2.05) is 18.2 Å². The van der Waals surface area contributed by atoms with Gasteiger partial charge in [-0.1, -0.05) is 18.2 Å². The molecule has 1 saturated heterocycles. The molecule has 0 spiro atoms. The van der Waals surface area contributed by atoms with Crippen LogP contribution in [0.15, 0.2) is 30.3 Å². The summed E-state index contributed by atoms with van der Waals surface area (Å²) in [6.07, 6.45) is 0.451. The van der Waals surface area contributed by atoms with Crippen LogP contribution in [-0.4, -0.2) is 36.8 Å². The van der Waals surface area contributed by atoms with E-state index >= 15 is 0 Å². The minimum Gasteiger partial charge on any atom is -0.462 e. The van der Waals surface area contributed by atoms with Gasteiger partial charge in [-0.25, -0.2) is 14.6 Å². The van der Waals surface area contributed by atoms with Gasteiger partial charge in [0.15, 0.2) is 0 Å². The van der Waals surface area contributed by atoms with Crippen molar-refractivity contribution in [3.63, 3.8) is 0 Å². The molecule has 20 heavy (non-hydrogen) atoms. The first-order chi connectivity index (χ1) is 9.65. The lowest BCUT2D eigenvalue weighted by atomic mass is 10.2. The summed E-state index contributed by atoms with van der Waals surface area (Å²) in [6.45, 7) is 2.62. The Balaban J connectivity index is 0.000000204. The molecule has 0 saturated carbocycles. The van der Waals surface area contributed by atoms with Gasteiger partial charge in [-0.15, -0.1) is 0 Å². The number of nitrogens with zero attached hydrogens (tertiary/aromatic N) is 1. The van der Waals surface area contributed by atoms with Crippen LogP contribution in [0.4, 0.5) is 0 Å². The lowest BCUT2D eigenvalue weighted by molar-refractivity contribution is -0.549. The maximum Gasteiger partial charge on any atom is 0.338 e. The van der Waals surface area contributed by atoms with Crippen LogP contribution in [0.25, 0.3) is 0 Å². The lowest BCUT2D eigenvalue weighted by Crippen LogP contribution is -2.31. The van der Waals surface area contributed by atoms with E-state index in [-0.39, 0.29) is 17.5 Å². The van der Waals surface area contributed by atoms with Crippen molar-refractivity contribution in [2.75, 3.05) is 19.8 Å². The van der Waals surface area contributed by atoms with Crippen LogP contribution in [-0.2, 0) is 14.5 Å². The number of benzene rings is 1. The third-order valence-electron chi connectivity index (χ3n) is 2.46. The summed E-state index contributed by atoms with van der Waals surface area (Å²) in [7, 11) is 0. The van der Waals surface area contributed by atoms with Crippen LogP contribution in [0.2, 0.25) is 0 Å². The standard InChI is InChI=1S/C9H10O2.C4H7NO4/c1-2-11-9(10)8-6-4-3-5-7-8;6-5(7)4-1-2-8-9-3-4/h3-7H,2H2,1H3;4H,1-3H2. The summed E-state index contributed by atoms with van der Waals surface area (Å²) < 4.78 is 4.79. The summed E-state index contributed by atoms with van der Waals surface area (Å²) in [5.41, 5.74) is 0.606. The van der Waals surface area contributed by atoms with Gasteiger partial charge < -0.3 is 4.74 Å². The molecule has 7 heteroatoms. The number of carbonyl (C=O) groups is 1. The molecule has 0 amide bonds. The SMILES string of the molecule is CCOC(=O)c1ccccc1.O=[N+]([O-])C1CCOOC1. The molecule has 1 aromatic carbocycles. The second-order valence-electron chi connectivity index (χ2n) is 3.92. The highest BCUT2D eigenvalue weighted by atomic mass is 17.2. The molecular weight excluding hydrogens is 266 g/mol. The summed E-state index contributed by atoms with van der Waals surface area (Å²) in [6, 6.07) is 8.38. The Kier molecular flexibility index (Phi) is 7.23. The predicted molar refractivity (Wildman–Crippen MR) is 69.7 cm³/mol. The van der Waals surface area contributed by atoms with Crippen LogP contribution in [0.1, 0.15) is 23.7 Å².